The average molecular weight is 244 g/mol. The van der Waals surface area contributed by atoms with Crippen LogP contribution in [0.3, 0.4) is 0 Å². The molecule has 1 aromatic carbocycles. The third-order valence-corrected chi connectivity index (χ3v) is 2.60. The minimum atomic E-state index is -0.154. The summed E-state index contributed by atoms with van der Waals surface area (Å²) >= 11 is 0. The van der Waals surface area contributed by atoms with Gasteiger partial charge in [0.25, 0.3) is 0 Å². The molecule has 94 valence electrons. The van der Waals surface area contributed by atoms with E-state index < -0.39 is 0 Å². The second-order valence-corrected chi connectivity index (χ2v) is 4.05. The van der Waals surface area contributed by atoms with Crippen LogP contribution in [0.1, 0.15) is 18.4 Å². The first-order valence-electron chi connectivity index (χ1n) is 6.00. The van der Waals surface area contributed by atoms with Crippen LogP contribution in [0.5, 0.6) is 0 Å². The summed E-state index contributed by atoms with van der Waals surface area (Å²) in [5, 5.41) is 0. The largest absolute Gasteiger partial charge is 0.461 e. The second kappa shape index (κ2) is 6.59. The average Bonchev–Trinajstić information content (AvgIpc) is 2.91. The summed E-state index contributed by atoms with van der Waals surface area (Å²) in [6.45, 7) is 1.14. The molecule has 0 saturated carbocycles. The second-order valence-electron chi connectivity index (χ2n) is 4.05. The Labute approximate surface area is 106 Å². The van der Waals surface area contributed by atoms with Crippen LogP contribution in [0.4, 0.5) is 0 Å². The molecule has 0 N–H and O–H groups in total. The van der Waals surface area contributed by atoms with Gasteiger partial charge < -0.3 is 9.30 Å². The molecule has 2 aromatic rings. The summed E-state index contributed by atoms with van der Waals surface area (Å²) in [7, 11) is 0. The molecule has 0 aliphatic rings. The van der Waals surface area contributed by atoms with Crippen LogP contribution in [0.2, 0.25) is 0 Å². The van der Waals surface area contributed by atoms with Gasteiger partial charge in [-0.25, -0.2) is 4.98 Å². The number of carbonyl (C=O) groups is 1. The molecule has 0 amide bonds. The van der Waals surface area contributed by atoms with Crippen LogP contribution >= 0.6 is 0 Å². The third kappa shape index (κ3) is 4.05. The van der Waals surface area contributed by atoms with Crippen molar-refractivity contribution in [2.75, 3.05) is 0 Å². The number of carbonyl (C=O) groups excluding carboxylic acids is 1. The van der Waals surface area contributed by atoms with E-state index in [0.717, 1.165) is 18.5 Å². The zero-order chi connectivity index (χ0) is 12.6. The molecular formula is C14H16N2O2. The van der Waals surface area contributed by atoms with Gasteiger partial charge in [0.2, 0.25) is 0 Å². The fourth-order valence-electron chi connectivity index (χ4n) is 1.64. The number of hydrogen-bond donors (Lipinski definition) is 0. The molecule has 0 bridgehead atoms. The van der Waals surface area contributed by atoms with Gasteiger partial charge in [0, 0.05) is 25.4 Å². The van der Waals surface area contributed by atoms with Crippen LogP contribution in [0.15, 0.2) is 49.1 Å². The molecular weight excluding hydrogens is 228 g/mol. The van der Waals surface area contributed by atoms with E-state index in [-0.39, 0.29) is 5.97 Å². The van der Waals surface area contributed by atoms with Crippen molar-refractivity contribution in [1.29, 1.82) is 0 Å². The van der Waals surface area contributed by atoms with E-state index in [2.05, 4.69) is 4.98 Å². The summed E-state index contributed by atoms with van der Waals surface area (Å²) < 4.78 is 7.13. The molecule has 0 aliphatic carbocycles. The van der Waals surface area contributed by atoms with E-state index >= 15 is 0 Å². The van der Waals surface area contributed by atoms with E-state index in [4.69, 9.17) is 4.74 Å². The van der Waals surface area contributed by atoms with Gasteiger partial charge in [-0.15, -0.1) is 0 Å². The summed E-state index contributed by atoms with van der Waals surface area (Å²) in [6.07, 6.45) is 6.56. The Morgan fingerprint density at radius 3 is 2.83 bits per heavy atom. The highest BCUT2D eigenvalue weighted by molar-refractivity contribution is 5.69. The van der Waals surface area contributed by atoms with E-state index in [9.17, 15) is 4.79 Å². The van der Waals surface area contributed by atoms with E-state index in [1.54, 1.807) is 12.5 Å². The number of nitrogens with zero attached hydrogens (tertiary/aromatic N) is 2. The highest BCUT2D eigenvalue weighted by Crippen LogP contribution is 2.03. The molecule has 0 fully saturated rings. The summed E-state index contributed by atoms with van der Waals surface area (Å²) in [4.78, 5) is 15.4. The zero-order valence-electron chi connectivity index (χ0n) is 10.2. The first-order valence-corrected chi connectivity index (χ1v) is 6.00. The van der Waals surface area contributed by atoms with Crippen molar-refractivity contribution < 1.29 is 9.53 Å². The van der Waals surface area contributed by atoms with Gasteiger partial charge in [-0.1, -0.05) is 30.3 Å². The summed E-state index contributed by atoms with van der Waals surface area (Å²) in [5.74, 6) is -0.154. The highest BCUT2D eigenvalue weighted by atomic mass is 16.5. The molecule has 0 aliphatic heterocycles. The molecule has 4 heteroatoms. The lowest BCUT2D eigenvalue weighted by Gasteiger charge is -2.05. The minimum absolute atomic E-state index is 0.154. The van der Waals surface area contributed by atoms with E-state index in [0.29, 0.717) is 13.0 Å². The first-order chi connectivity index (χ1) is 8.84. The first kappa shape index (κ1) is 12.4. The van der Waals surface area contributed by atoms with Crippen molar-refractivity contribution >= 4 is 5.97 Å². The van der Waals surface area contributed by atoms with Gasteiger partial charge in [0.1, 0.15) is 6.61 Å². The Kier molecular flexibility index (Phi) is 4.53. The fraction of sp³-hybridized carbons (Fsp3) is 0.286. The molecule has 2 rings (SSSR count). The van der Waals surface area contributed by atoms with Gasteiger partial charge in [-0.2, -0.15) is 0 Å². The van der Waals surface area contributed by atoms with Crippen molar-refractivity contribution in [2.45, 2.75) is 26.0 Å². The molecule has 0 saturated heterocycles. The maximum Gasteiger partial charge on any atom is 0.306 e. The maximum absolute atomic E-state index is 11.5. The van der Waals surface area contributed by atoms with Gasteiger partial charge in [-0.05, 0) is 12.0 Å². The van der Waals surface area contributed by atoms with Crippen molar-refractivity contribution in [3.8, 4) is 0 Å². The van der Waals surface area contributed by atoms with Crippen LogP contribution in [-0.2, 0) is 22.7 Å². The topological polar surface area (TPSA) is 44.1 Å². The number of esters is 1. The Morgan fingerprint density at radius 1 is 1.28 bits per heavy atom. The zero-order valence-corrected chi connectivity index (χ0v) is 10.2. The Bertz CT molecular complexity index is 466. The quantitative estimate of drug-likeness (QED) is 0.733. The van der Waals surface area contributed by atoms with E-state index in [1.165, 1.54) is 0 Å². The van der Waals surface area contributed by atoms with Crippen LogP contribution in [0.25, 0.3) is 0 Å². The Hall–Kier alpha value is -2.10. The van der Waals surface area contributed by atoms with Crippen LogP contribution in [-0.4, -0.2) is 15.5 Å². The predicted molar refractivity (Wildman–Crippen MR) is 67.7 cm³/mol. The molecule has 0 radical (unpaired) electrons. The third-order valence-electron chi connectivity index (χ3n) is 2.60. The van der Waals surface area contributed by atoms with Crippen LogP contribution in [0, 0.1) is 0 Å². The number of benzene rings is 1. The lowest BCUT2D eigenvalue weighted by Crippen LogP contribution is -2.06. The summed E-state index contributed by atoms with van der Waals surface area (Å²) in [5.41, 5.74) is 1.01. The Balaban J connectivity index is 1.63. The normalized spacial score (nSPS) is 10.2. The van der Waals surface area contributed by atoms with Crippen molar-refractivity contribution in [2.24, 2.45) is 0 Å². The smallest absolute Gasteiger partial charge is 0.306 e. The lowest BCUT2D eigenvalue weighted by molar-refractivity contribution is -0.145. The number of hydrogen-bond acceptors (Lipinski definition) is 3. The fourth-order valence-corrected chi connectivity index (χ4v) is 1.64. The highest BCUT2D eigenvalue weighted by Gasteiger charge is 2.03. The molecule has 0 atom stereocenters. The van der Waals surface area contributed by atoms with Gasteiger partial charge in [0.05, 0.1) is 6.33 Å². The molecule has 1 aromatic heterocycles. The summed E-state index contributed by atoms with van der Waals surface area (Å²) in [6, 6.07) is 9.69. The number of rotatable bonds is 6. The van der Waals surface area contributed by atoms with E-state index in [1.807, 2.05) is 41.1 Å². The number of aryl methyl sites for hydroxylation is 1. The molecule has 1 heterocycles. The maximum atomic E-state index is 11.5. The van der Waals surface area contributed by atoms with Gasteiger partial charge in [-0.3, -0.25) is 4.79 Å². The lowest BCUT2D eigenvalue weighted by atomic mass is 10.2. The predicted octanol–water partition coefficient (Wildman–Crippen LogP) is 2.41. The Morgan fingerprint density at radius 2 is 2.11 bits per heavy atom. The molecule has 4 nitrogen and oxygen atoms in total. The van der Waals surface area contributed by atoms with Gasteiger partial charge in [0.15, 0.2) is 0 Å². The van der Waals surface area contributed by atoms with Crippen LogP contribution < -0.4 is 0 Å². The number of ether oxygens (including phenoxy) is 1. The standard InChI is InChI=1S/C14H16N2O2/c17-14(7-4-9-16-10-8-15-12-16)18-11-13-5-2-1-3-6-13/h1-3,5-6,8,10,12H,4,7,9,11H2. The van der Waals surface area contributed by atoms with Crippen molar-refractivity contribution in [3.05, 3.63) is 54.6 Å². The van der Waals surface area contributed by atoms with Crippen molar-refractivity contribution in [3.63, 3.8) is 0 Å². The number of aromatic nitrogens is 2. The minimum Gasteiger partial charge on any atom is -0.461 e. The number of imidazole rings is 1. The van der Waals surface area contributed by atoms with Crippen molar-refractivity contribution in [1.82, 2.24) is 9.55 Å². The molecule has 0 spiro atoms. The molecule has 0 unspecified atom stereocenters. The molecule has 18 heavy (non-hydrogen) atoms. The van der Waals surface area contributed by atoms with Gasteiger partial charge >= 0.3 is 5.97 Å². The monoisotopic (exact) mass is 244 g/mol. The SMILES string of the molecule is O=C(CCCn1ccnc1)OCc1ccccc1.